The summed E-state index contributed by atoms with van der Waals surface area (Å²) in [5.74, 6) is 0.594. The minimum absolute atomic E-state index is 0.000373. The van der Waals surface area contributed by atoms with Crippen LogP contribution in [0.1, 0.15) is 32.9 Å². The van der Waals surface area contributed by atoms with E-state index in [2.05, 4.69) is 15.5 Å². The van der Waals surface area contributed by atoms with E-state index in [4.69, 9.17) is 0 Å². The number of nitrogens with zero attached hydrogens (tertiary/aromatic N) is 2. The zero-order chi connectivity index (χ0) is 13.1. The van der Waals surface area contributed by atoms with E-state index in [1.54, 1.807) is 0 Å². The highest BCUT2D eigenvalue weighted by Gasteiger charge is 2.16. The maximum Gasteiger partial charge on any atom is 0.226 e. The molecule has 1 aromatic rings. The molecule has 2 N–H and O–H groups in total. The van der Waals surface area contributed by atoms with Crippen LogP contribution in [0.4, 0.5) is 5.82 Å². The van der Waals surface area contributed by atoms with Crippen molar-refractivity contribution < 1.29 is 4.79 Å². The molecule has 1 heterocycles. The van der Waals surface area contributed by atoms with Crippen LogP contribution in [0.3, 0.4) is 0 Å². The SMILES string of the molecule is CN(C)Cc1cc(NC(=O)CC(C)(C)C)n[nH]1. The fraction of sp³-hybridized carbons (Fsp3) is 0.667. The molecule has 0 saturated carbocycles. The van der Waals surface area contributed by atoms with Crippen LogP contribution in [0.5, 0.6) is 0 Å². The van der Waals surface area contributed by atoms with Crippen LogP contribution in [0.2, 0.25) is 0 Å². The third kappa shape index (κ3) is 5.49. The van der Waals surface area contributed by atoms with E-state index >= 15 is 0 Å². The molecule has 0 radical (unpaired) electrons. The van der Waals surface area contributed by atoms with Gasteiger partial charge in [0, 0.05) is 19.0 Å². The van der Waals surface area contributed by atoms with Crippen molar-refractivity contribution in [1.82, 2.24) is 15.1 Å². The van der Waals surface area contributed by atoms with E-state index in [0.29, 0.717) is 12.2 Å². The molecule has 0 saturated heterocycles. The number of aromatic amines is 1. The fourth-order valence-corrected chi connectivity index (χ4v) is 1.52. The number of amides is 1. The summed E-state index contributed by atoms with van der Waals surface area (Å²) in [5.41, 5.74) is 0.980. The topological polar surface area (TPSA) is 61.0 Å². The molecule has 0 aromatic carbocycles. The molecule has 0 aliphatic heterocycles. The lowest BCUT2D eigenvalue weighted by Crippen LogP contribution is -2.19. The number of rotatable bonds is 4. The smallest absolute Gasteiger partial charge is 0.226 e. The second-order valence-corrected chi connectivity index (χ2v) is 5.80. The number of hydrogen-bond acceptors (Lipinski definition) is 3. The van der Waals surface area contributed by atoms with Crippen LogP contribution in [-0.2, 0) is 11.3 Å². The summed E-state index contributed by atoms with van der Waals surface area (Å²) in [5, 5.41) is 9.75. The molecule has 0 fully saturated rings. The zero-order valence-corrected chi connectivity index (χ0v) is 11.3. The molecule has 5 nitrogen and oxygen atoms in total. The lowest BCUT2D eigenvalue weighted by molar-refractivity contribution is -0.117. The predicted octanol–water partition coefficient (Wildman–Crippen LogP) is 1.85. The Bertz CT molecular complexity index is 376. The van der Waals surface area contributed by atoms with Crippen LogP contribution in [0, 0.1) is 5.41 Å². The highest BCUT2D eigenvalue weighted by atomic mass is 16.1. The van der Waals surface area contributed by atoms with E-state index in [0.717, 1.165) is 12.2 Å². The van der Waals surface area contributed by atoms with Gasteiger partial charge < -0.3 is 10.2 Å². The summed E-state index contributed by atoms with van der Waals surface area (Å²) >= 11 is 0. The Morgan fingerprint density at radius 2 is 2.12 bits per heavy atom. The first-order valence-corrected chi connectivity index (χ1v) is 5.75. The normalized spacial score (nSPS) is 11.9. The largest absolute Gasteiger partial charge is 0.309 e. The van der Waals surface area contributed by atoms with Gasteiger partial charge in [-0.1, -0.05) is 20.8 Å². The van der Waals surface area contributed by atoms with Gasteiger partial charge in [-0.25, -0.2) is 0 Å². The molecule has 0 spiro atoms. The quantitative estimate of drug-likeness (QED) is 0.841. The zero-order valence-electron chi connectivity index (χ0n) is 11.3. The Kier molecular flexibility index (Phi) is 4.28. The maximum absolute atomic E-state index is 11.7. The van der Waals surface area contributed by atoms with Gasteiger partial charge in [0.1, 0.15) is 0 Å². The first kappa shape index (κ1) is 13.7. The summed E-state index contributed by atoms with van der Waals surface area (Å²) in [6.45, 7) is 6.89. The molecular weight excluding hydrogens is 216 g/mol. The third-order valence-corrected chi connectivity index (χ3v) is 2.08. The summed E-state index contributed by atoms with van der Waals surface area (Å²) in [4.78, 5) is 13.7. The molecule has 0 unspecified atom stereocenters. The molecule has 17 heavy (non-hydrogen) atoms. The third-order valence-electron chi connectivity index (χ3n) is 2.08. The van der Waals surface area contributed by atoms with Crippen molar-refractivity contribution >= 4 is 11.7 Å². The minimum Gasteiger partial charge on any atom is -0.309 e. The highest BCUT2D eigenvalue weighted by molar-refractivity contribution is 5.90. The molecule has 96 valence electrons. The molecule has 1 aromatic heterocycles. The van der Waals surface area contributed by atoms with Crippen molar-refractivity contribution in [1.29, 1.82) is 0 Å². The first-order valence-electron chi connectivity index (χ1n) is 5.75. The van der Waals surface area contributed by atoms with Gasteiger partial charge in [-0.2, -0.15) is 5.10 Å². The Morgan fingerprint density at radius 3 is 2.65 bits per heavy atom. The maximum atomic E-state index is 11.7. The van der Waals surface area contributed by atoms with Crippen molar-refractivity contribution in [2.45, 2.75) is 33.7 Å². The average Bonchev–Trinajstić information content (AvgIpc) is 2.46. The number of hydrogen-bond donors (Lipinski definition) is 2. The standard InChI is InChI=1S/C12H22N4O/c1-12(2,3)7-11(17)13-10-6-9(14-15-10)8-16(4)5/h6H,7-8H2,1-5H3,(H2,13,14,15,17). The van der Waals surface area contributed by atoms with E-state index in [1.807, 2.05) is 45.8 Å². The number of carbonyl (C=O) groups is 1. The lowest BCUT2D eigenvalue weighted by Gasteiger charge is -2.16. The van der Waals surface area contributed by atoms with Crippen molar-refractivity contribution in [3.05, 3.63) is 11.8 Å². The number of H-pyrrole nitrogens is 1. The van der Waals surface area contributed by atoms with Gasteiger partial charge in [-0.3, -0.25) is 9.89 Å². The van der Waals surface area contributed by atoms with Gasteiger partial charge in [-0.05, 0) is 19.5 Å². The van der Waals surface area contributed by atoms with Gasteiger partial charge >= 0.3 is 0 Å². The number of nitrogens with one attached hydrogen (secondary N) is 2. The van der Waals surface area contributed by atoms with E-state index in [9.17, 15) is 4.79 Å². The van der Waals surface area contributed by atoms with Crippen molar-refractivity contribution in [2.24, 2.45) is 5.41 Å². The summed E-state index contributed by atoms with van der Waals surface area (Å²) in [6.07, 6.45) is 0.489. The summed E-state index contributed by atoms with van der Waals surface area (Å²) < 4.78 is 0. The number of carbonyl (C=O) groups excluding carboxylic acids is 1. The second-order valence-electron chi connectivity index (χ2n) is 5.80. The molecule has 1 rings (SSSR count). The Hall–Kier alpha value is -1.36. The van der Waals surface area contributed by atoms with Crippen LogP contribution < -0.4 is 5.32 Å². The van der Waals surface area contributed by atoms with Crippen molar-refractivity contribution in [3.63, 3.8) is 0 Å². The van der Waals surface area contributed by atoms with E-state index < -0.39 is 0 Å². The monoisotopic (exact) mass is 238 g/mol. The Balaban J connectivity index is 2.52. The van der Waals surface area contributed by atoms with Crippen molar-refractivity contribution in [2.75, 3.05) is 19.4 Å². The van der Waals surface area contributed by atoms with Gasteiger partial charge in [0.25, 0.3) is 0 Å². The minimum atomic E-state index is -0.00709. The molecule has 0 atom stereocenters. The van der Waals surface area contributed by atoms with Gasteiger partial charge in [0.05, 0.1) is 5.69 Å². The summed E-state index contributed by atoms with van der Waals surface area (Å²) in [6, 6.07) is 1.86. The Labute approximate surface area is 103 Å². The number of aromatic nitrogens is 2. The van der Waals surface area contributed by atoms with Crippen molar-refractivity contribution in [3.8, 4) is 0 Å². The molecule has 5 heteroatoms. The molecule has 0 bridgehead atoms. The van der Waals surface area contributed by atoms with Crippen LogP contribution >= 0.6 is 0 Å². The lowest BCUT2D eigenvalue weighted by atomic mass is 9.92. The van der Waals surface area contributed by atoms with Gasteiger partial charge in [-0.15, -0.1) is 0 Å². The van der Waals surface area contributed by atoms with E-state index in [-0.39, 0.29) is 11.3 Å². The van der Waals surface area contributed by atoms with Gasteiger partial charge in [0.2, 0.25) is 5.91 Å². The first-order chi connectivity index (χ1) is 7.76. The summed E-state index contributed by atoms with van der Waals surface area (Å²) in [7, 11) is 3.97. The second kappa shape index (κ2) is 5.31. The van der Waals surface area contributed by atoms with E-state index in [1.165, 1.54) is 0 Å². The predicted molar refractivity (Wildman–Crippen MR) is 68.7 cm³/mol. The van der Waals surface area contributed by atoms with Gasteiger partial charge in [0.15, 0.2) is 5.82 Å². The van der Waals surface area contributed by atoms with Crippen LogP contribution in [0.25, 0.3) is 0 Å². The molecule has 1 amide bonds. The molecule has 0 aliphatic carbocycles. The average molecular weight is 238 g/mol. The highest BCUT2D eigenvalue weighted by Crippen LogP contribution is 2.19. The molecular formula is C12H22N4O. The molecule has 0 aliphatic rings. The van der Waals surface area contributed by atoms with Crippen LogP contribution in [0.15, 0.2) is 6.07 Å². The fourth-order valence-electron chi connectivity index (χ4n) is 1.52. The number of anilines is 1. The Morgan fingerprint density at radius 1 is 1.47 bits per heavy atom. The van der Waals surface area contributed by atoms with Crippen LogP contribution in [-0.4, -0.2) is 35.1 Å².